The van der Waals surface area contributed by atoms with Gasteiger partial charge >= 0.3 is 0 Å². The molecule has 0 spiro atoms. The molecule has 1 aliphatic heterocycles. The van der Waals surface area contributed by atoms with Crippen LogP contribution < -0.4 is 0 Å². The molecule has 0 nitrogen and oxygen atoms in total. The summed E-state index contributed by atoms with van der Waals surface area (Å²) in [5.41, 5.74) is 4.15. The lowest BCUT2D eigenvalue weighted by Crippen LogP contribution is -2.10. The Morgan fingerprint density at radius 1 is 1.38 bits per heavy atom. The Kier molecular flexibility index (Phi) is 3.35. The minimum Gasteiger partial charge on any atom is -0.113 e. The second kappa shape index (κ2) is 4.75. The van der Waals surface area contributed by atoms with Crippen molar-refractivity contribution in [3.63, 3.8) is 0 Å². The Hall–Kier alpha value is -1.21. The van der Waals surface area contributed by atoms with Gasteiger partial charge in [-0.2, -0.15) is 0 Å². The molecule has 82 valence electrons. The molecule has 0 saturated carbocycles. The summed E-state index contributed by atoms with van der Waals surface area (Å²) in [5, 5.41) is 0.472. The lowest BCUT2D eigenvalue weighted by Gasteiger charge is -2.26. The van der Waals surface area contributed by atoms with Gasteiger partial charge in [-0.05, 0) is 36.6 Å². The first-order valence-corrected chi connectivity index (χ1v) is 6.38. The maximum Gasteiger partial charge on any atom is 0.0493 e. The predicted octanol–water partition coefficient (Wildman–Crippen LogP) is 4.56. The van der Waals surface area contributed by atoms with Gasteiger partial charge in [0, 0.05) is 10.2 Å². The van der Waals surface area contributed by atoms with Gasteiger partial charge in [0.15, 0.2) is 0 Å². The van der Waals surface area contributed by atoms with Crippen molar-refractivity contribution in [2.75, 3.05) is 0 Å². The first kappa shape index (κ1) is 11.3. The van der Waals surface area contributed by atoms with E-state index in [1.165, 1.54) is 21.6 Å². The van der Waals surface area contributed by atoms with Crippen molar-refractivity contribution in [1.29, 1.82) is 0 Å². The molecule has 1 aliphatic carbocycles. The molecule has 2 bridgehead atoms. The molecule has 0 aromatic carbocycles. The first-order chi connectivity index (χ1) is 7.77. The molecular weight excluding hydrogens is 212 g/mol. The van der Waals surface area contributed by atoms with E-state index in [1.54, 1.807) is 0 Å². The zero-order valence-electron chi connectivity index (χ0n) is 9.73. The number of hydrogen-bond acceptors (Lipinski definition) is 1. The number of rotatable bonds is 1. The molecule has 0 fully saturated rings. The van der Waals surface area contributed by atoms with Gasteiger partial charge in [0.05, 0.1) is 0 Å². The summed E-state index contributed by atoms with van der Waals surface area (Å²) < 4.78 is 0. The van der Waals surface area contributed by atoms with Gasteiger partial charge in [0.1, 0.15) is 0 Å². The van der Waals surface area contributed by atoms with E-state index in [0.29, 0.717) is 5.25 Å². The third-order valence-corrected chi connectivity index (χ3v) is 4.25. The van der Waals surface area contributed by atoms with E-state index in [9.17, 15) is 0 Å². The monoisotopic (exact) mass is 228 g/mol. The zero-order chi connectivity index (χ0) is 11.5. The highest BCUT2D eigenvalue weighted by Crippen LogP contribution is 2.44. The Morgan fingerprint density at radius 3 is 2.88 bits per heavy atom. The second-order valence-electron chi connectivity index (χ2n) is 3.85. The van der Waals surface area contributed by atoms with Crippen molar-refractivity contribution in [1.82, 2.24) is 0 Å². The fourth-order valence-corrected chi connectivity index (χ4v) is 3.32. The molecule has 16 heavy (non-hydrogen) atoms. The van der Waals surface area contributed by atoms with Gasteiger partial charge in [-0.1, -0.05) is 43.0 Å². The molecule has 2 rings (SSSR count). The molecule has 0 amide bonds. The van der Waals surface area contributed by atoms with Crippen LogP contribution in [0, 0.1) is 0 Å². The van der Waals surface area contributed by atoms with E-state index in [-0.39, 0.29) is 0 Å². The van der Waals surface area contributed by atoms with E-state index in [1.807, 2.05) is 17.8 Å². The van der Waals surface area contributed by atoms with Crippen LogP contribution in [0.1, 0.15) is 13.8 Å². The van der Waals surface area contributed by atoms with Gasteiger partial charge in [-0.15, -0.1) is 11.8 Å². The Labute approximate surface area is 102 Å². The minimum absolute atomic E-state index is 0.472. The molecule has 1 unspecified atom stereocenters. The van der Waals surface area contributed by atoms with E-state index >= 15 is 0 Å². The van der Waals surface area contributed by atoms with Crippen LogP contribution in [0.2, 0.25) is 0 Å². The van der Waals surface area contributed by atoms with E-state index in [4.69, 9.17) is 0 Å². The van der Waals surface area contributed by atoms with Crippen LogP contribution >= 0.6 is 11.8 Å². The maximum absolute atomic E-state index is 3.79. The molecule has 1 heteroatoms. The first-order valence-electron chi connectivity index (χ1n) is 5.50. The summed E-state index contributed by atoms with van der Waals surface area (Å²) >= 11 is 1.90. The van der Waals surface area contributed by atoms with Crippen molar-refractivity contribution in [3.05, 3.63) is 70.7 Å². The van der Waals surface area contributed by atoms with Gasteiger partial charge < -0.3 is 0 Å². The predicted molar refractivity (Wildman–Crippen MR) is 74.4 cm³/mol. The largest absolute Gasteiger partial charge is 0.113 e. The summed E-state index contributed by atoms with van der Waals surface area (Å²) in [6.45, 7) is 8.11. The third kappa shape index (κ3) is 1.88. The van der Waals surface area contributed by atoms with Crippen molar-refractivity contribution >= 4 is 11.8 Å². The van der Waals surface area contributed by atoms with Crippen LogP contribution in [-0.4, -0.2) is 5.25 Å². The molecule has 1 atom stereocenters. The smallest absolute Gasteiger partial charge is 0.0493 e. The van der Waals surface area contributed by atoms with Crippen LogP contribution in [0.15, 0.2) is 70.7 Å². The highest BCUT2D eigenvalue weighted by atomic mass is 32.2. The summed E-state index contributed by atoms with van der Waals surface area (Å²) in [6.07, 6.45) is 14.9. The molecular formula is C15H16S. The summed E-state index contributed by atoms with van der Waals surface area (Å²) in [6, 6.07) is 0. The van der Waals surface area contributed by atoms with Crippen LogP contribution in [0.5, 0.6) is 0 Å². The van der Waals surface area contributed by atoms with E-state index in [2.05, 4.69) is 56.9 Å². The SMILES string of the molecule is C=C/C=C1/SC2C=CC=CC(=C2C)/C1=C/C. The third-order valence-electron chi connectivity index (χ3n) is 2.88. The molecule has 1 heterocycles. The maximum atomic E-state index is 3.79. The topological polar surface area (TPSA) is 0 Å². The van der Waals surface area contributed by atoms with Crippen molar-refractivity contribution < 1.29 is 0 Å². The second-order valence-corrected chi connectivity index (χ2v) is 5.03. The van der Waals surface area contributed by atoms with Gasteiger partial charge in [0.25, 0.3) is 0 Å². The minimum atomic E-state index is 0.472. The van der Waals surface area contributed by atoms with Gasteiger partial charge in [-0.25, -0.2) is 0 Å². The van der Waals surface area contributed by atoms with Gasteiger partial charge in [-0.3, -0.25) is 0 Å². The zero-order valence-corrected chi connectivity index (χ0v) is 10.6. The van der Waals surface area contributed by atoms with Crippen LogP contribution in [0.3, 0.4) is 0 Å². The van der Waals surface area contributed by atoms with Crippen LogP contribution in [-0.2, 0) is 0 Å². The fourth-order valence-electron chi connectivity index (χ4n) is 2.04. The van der Waals surface area contributed by atoms with E-state index in [0.717, 1.165) is 0 Å². The fraction of sp³-hybridized carbons (Fsp3) is 0.200. The average Bonchev–Trinajstić information content (AvgIpc) is 2.41. The standard InChI is InChI=1S/C15H16S/c1-4-8-15-12(5-2)13-9-6-7-10-14(16-15)11(13)3/h4-10,14H,1H2,2-3H3/b12-5-,15-8+. The Balaban J connectivity index is 2.58. The number of thioether (sulfide) groups is 1. The highest BCUT2D eigenvalue weighted by Gasteiger charge is 2.24. The summed E-state index contributed by atoms with van der Waals surface area (Å²) in [5.74, 6) is 0. The van der Waals surface area contributed by atoms with Crippen LogP contribution in [0.4, 0.5) is 0 Å². The molecule has 0 radical (unpaired) electrons. The molecule has 0 aromatic heterocycles. The molecule has 2 aliphatic rings. The number of fused-ring (bicyclic) bond motifs is 1. The van der Waals surface area contributed by atoms with Crippen LogP contribution in [0.25, 0.3) is 0 Å². The normalized spacial score (nSPS) is 28.8. The van der Waals surface area contributed by atoms with Crippen molar-refractivity contribution in [2.45, 2.75) is 19.1 Å². The molecule has 0 saturated heterocycles. The number of allylic oxidation sites excluding steroid dienone is 8. The van der Waals surface area contributed by atoms with E-state index < -0.39 is 0 Å². The van der Waals surface area contributed by atoms with Crippen molar-refractivity contribution in [2.24, 2.45) is 0 Å². The summed E-state index contributed by atoms with van der Waals surface area (Å²) in [7, 11) is 0. The summed E-state index contributed by atoms with van der Waals surface area (Å²) in [4.78, 5) is 1.32. The van der Waals surface area contributed by atoms with Gasteiger partial charge in [0.2, 0.25) is 0 Å². The Morgan fingerprint density at radius 2 is 2.19 bits per heavy atom. The lowest BCUT2D eigenvalue weighted by atomic mass is 9.97. The lowest BCUT2D eigenvalue weighted by molar-refractivity contribution is 1.18. The molecule has 0 N–H and O–H groups in total. The average molecular weight is 228 g/mol. The Bertz CT molecular complexity index is 456. The number of hydrogen-bond donors (Lipinski definition) is 0. The highest BCUT2D eigenvalue weighted by molar-refractivity contribution is 8.04. The van der Waals surface area contributed by atoms with Crippen molar-refractivity contribution in [3.8, 4) is 0 Å². The molecule has 0 aromatic rings. The quantitative estimate of drug-likeness (QED) is 0.634.